The van der Waals surface area contributed by atoms with E-state index < -0.39 is 86.8 Å². The second-order valence-electron chi connectivity index (χ2n) is 20.1. The summed E-state index contributed by atoms with van der Waals surface area (Å²) >= 11 is 0. The van der Waals surface area contributed by atoms with Gasteiger partial charge in [-0.05, 0) is 38.5 Å². The molecule has 69 heavy (non-hydrogen) atoms. The van der Waals surface area contributed by atoms with E-state index >= 15 is 0 Å². The largest absolute Gasteiger partial charge is 0.394 e. The molecule has 0 aromatic heterocycles. The average molecular weight is 986 g/mol. The van der Waals surface area contributed by atoms with E-state index in [1.165, 1.54) is 135 Å². The number of carbonyl (C=O) groups excluding carboxylic acids is 1. The Morgan fingerprint density at radius 2 is 0.942 bits per heavy atom. The fraction of sp³-hybridized carbons (Fsp3) is 0.909. The molecule has 2 heterocycles. The van der Waals surface area contributed by atoms with Gasteiger partial charge in [-0.25, -0.2) is 0 Å². The summed E-state index contributed by atoms with van der Waals surface area (Å²) in [6.45, 7) is 2.73. The predicted octanol–water partition coefficient (Wildman–Crippen LogP) is 8.50. The summed E-state index contributed by atoms with van der Waals surface area (Å²) in [7, 11) is 0. The maximum Gasteiger partial charge on any atom is 0.220 e. The molecule has 12 atom stereocenters. The van der Waals surface area contributed by atoms with Crippen LogP contribution in [0.15, 0.2) is 24.3 Å². The monoisotopic (exact) mass is 986 g/mol. The minimum atomic E-state index is -1.79. The summed E-state index contributed by atoms with van der Waals surface area (Å²) < 4.78 is 22.7. The fourth-order valence-corrected chi connectivity index (χ4v) is 9.29. The normalized spacial score (nSPS) is 26.3. The van der Waals surface area contributed by atoms with Crippen molar-refractivity contribution in [1.82, 2.24) is 5.32 Å². The van der Waals surface area contributed by atoms with Gasteiger partial charge in [0.15, 0.2) is 12.6 Å². The van der Waals surface area contributed by atoms with Crippen molar-refractivity contribution in [3.63, 3.8) is 0 Å². The summed E-state index contributed by atoms with van der Waals surface area (Å²) in [5.74, 6) is -0.250. The zero-order valence-corrected chi connectivity index (χ0v) is 43.3. The molecule has 2 saturated heterocycles. The summed E-state index contributed by atoms with van der Waals surface area (Å²) in [6, 6.07) is -0.915. The lowest BCUT2D eigenvalue weighted by atomic mass is 9.97. The van der Waals surface area contributed by atoms with E-state index in [4.69, 9.17) is 18.9 Å². The molecule has 0 bridgehead atoms. The molecule has 2 aliphatic rings. The van der Waals surface area contributed by atoms with Gasteiger partial charge in [-0.2, -0.15) is 0 Å². The van der Waals surface area contributed by atoms with Crippen molar-refractivity contribution in [1.29, 1.82) is 0 Å². The Morgan fingerprint density at radius 1 is 0.507 bits per heavy atom. The van der Waals surface area contributed by atoms with Crippen molar-refractivity contribution < 1.29 is 64.6 Å². The van der Waals surface area contributed by atoms with Gasteiger partial charge in [-0.1, -0.05) is 205 Å². The third kappa shape index (κ3) is 28.5. The molecule has 0 saturated carbocycles. The molecule has 1 amide bonds. The highest BCUT2D eigenvalue weighted by molar-refractivity contribution is 5.76. The van der Waals surface area contributed by atoms with Crippen LogP contribution in [0.3, 0.4) is 0 Å². The van der Waals surface area contributed by atoms with E-state index in [0.29, 0.717) is 6.42 Å². The number of ether oxygens (including phenoxy) is 4. The fourth-order valence-electron chi connectivity index (χ4n) is 9.29. The third-order valence-electron chi connectivity index (χ3n) is 13.9. The smallest absolute Gasteiger partial charge is 0.220 e. The van der Waals surface area contributed by atoms with Crippen LogP contribution in [0.1, 0.15) is 226 Å². The van der Waals surface area contributed by atoms with Gasteiger partial charge in [0, 0.05) is 6.42 Å². The van der Waals surface area contributed by atoms with Crippen LogP contribution < -0.4 is 5.32 Å². The van der Waals surface area contributed by atoms with Crippen LogP contribution in [0, 0.1) is 0 Å². The van der Waals surface area contributed by atoms with Crippen LogP contribution in [0.4, 0.5) is 0 Å². The number of hydrogen-bond acceptors (Lipinski definition) is 13. The van der Waals surface area contributed by atoms with Crippen LogP contribution >= 0.6 is 0 Å². The van der Waals surface area contributed by atoms with Crippen molar-refractivity contribution in [3.8, 4) is 0 Å². The first-order valence-electron chi connectivity index (χ1n) is 28.1. The average Bonchev–Trinajstić information content (AvgIpc) is 3.35. The molecule has 2 fully saturated rings. The predicted molar refractivity (Wildman–Crippen MR) is 272 cm³/mol. The van der Waals surface area contributed by atoms with Crippen molar-refractivity contribution in [2.75, 3.05) is 19.8 Å². The first kappa shape index (κ1) is 63.6. The second-order valence-corrected chi connectivity index (χ2v) is 20.1. The molecule has 0 radical (unpaired) electrons. The summed E-state index contributed by atoms with van der Waals surface area (Å²) in [4.78, 5) is 13.1. The molecule has 12 unspecified atom stereocenters. The number of amides is 1. The molecule has 2 rings (SSSR count). The first-order valence-corrected chi connectivity index (χ1v) is 28.1. The Bertz CT molecular complexity index is 1260. The molecular weight excluding hydrogens is 883 g/mol. The molecule has 0 aromatic carbocycles. The second kappa shape index (κ2) is 41.9. The number of carbonyl (C=O) groups is 1. The van der Waals surface area contributed by atoms with Crippen LogP contribution in [0.5, 0.6) is 0 Å². The molecular formula is C55H103NO13. The van der Waals surface area contributed by atoms with Gasteiger partial charge in [-0.3, -0.25) is 4.79 Å². The van der Waals surface area contributed by atoms with Crippen LogP contribution in [0.2, 0.25) is 0 Å². The van der Waals surface area contributed by atoms with E-state index in [1.54, 1.807) is 6.08 Å². The highest BCUT2D eigenvalue weighted by Crippen LogP contribution is 2.30. The van der Waals surface area contributed by atoms with Gasteiger partial charge in [-0.15, -0.1) is 0 Å². The lowest BCUT2D eigenvalue weighted by Crippen LogP contribution is -2.65. The SMILES string of the molecule is CCC/C=C\CCCCCCCC(=O)NC(COC1OC(CO)C(OC2OC(CO)C(O)C(O)C2O)C(O)C1O)C(O)/C=C/CCCCCCCCCCCCCCCCCCCCCCCCC. The zero-order chi connectivity index (χ0) is 50.3. The minimum Gasteiger partial charge on any atom is -0.394 e. The number of nitrogens with one attached hydrogen (secondary N) is 1. The zero-order valence-electron chi connectivity index (χ0n) is 43.3. The number of rotatable bonds is 44. The van der Waals surface area contributed by atoms with Crippen LogP contribution in [-0.2, 0) is 23.7 Å². The molecule has 0 spiro atoms. The topological polar surface area (TPSA) is 228 Å². The molecule has 9 N–H and O–H groups in total. The number of aliphatic hydroxyl groups excluding tert-OH is 8. The van der Waals surface area contributed by atoms with Gasteiger partial charge in [0.1, 0.15) is 48.8 Å². The van der Waals surface area contributed by atoms with Crippen molar-refractivity contribution in [3.05, 3.63) is 24.3 Å². The highest BCUT2D eigenvalue weighted by Gasteiger charge is 2.51. The first-order chi connectivity index (χ1) is 33.6. The van der Waals surface area contributed by atoms with E-state index in [1.807, 2.05) is 6.08 Å². The van der Waals surface area contributed by atoms with Gasteiger partial charge in [0.25, 0.3) is 0 Å². The number of unbranched alkanes of at least 4 members (excludes halogenated alkanes) is 29. The standard InChI is InChI=1S/C55H103NO13/c1-3-5-7-9-11-13-15-16-17-18-19-20-21-22-23-24-25-26-27-28-29-30-32-34-36-38-44(59)43(56-47(60)39-37-35-33-31-14-12-10-8-6-4-2)42-66-54-52(65)50(63)53(46(41-58)68-54)69-55-51(64)49(62)48(61)45(40-57)67-55/h8,10,36,38,43-46,48-55,57-59,61-65H,3-7,9,11-35,37,39-42H2,1-2H3,(H,56,60)/b10-8-,38-36+. The van der Waals surface area contributed by atoms with Gasteiger partial charge in [0.05, 0.1) is 32.0 Å². The number of allylic oxidation sites excluding steroid dienone is 3. The molecule has 14 heteroatoms. The summed E-state index contributed by atoms with van der Waals surface area (Å²) in [5.41, 5.74) is 0. The third-order valence-corrected chi connectivity index (χ3v) is 13.9. The van der Waals surface area contributed by atoms with Gasteiger partial charge >= 0.3 is 0 Å². The lowest BCUT2D eigenvalue weighted by Gasteiger charge is -2.46. The summed E-state index contributed by atoms with van der Waals surface area (Å²) in [6.07, 6.45) is 31.0. The molecule has 406 valence electrons. The molecule has 14 nitrogen and oxygen atoms in total. The van der Waals surface area contributed by atoms with Gasteiger partial charge in [0.2, 0.25) is 5.91 Å². The van der Waals surface area contributed by atoms with Crippen molar-refractivity contribution in [2.24, 2.45) is 0 Å². The summed E-state index contributed by atoms with van der Waals surface area (Å²) in [5, 5.41) is 86.8. The van der Waals surface area contributed by atoms with Crippen LogP contribution in [0.25, 0.3) is 0 Å². The lowest BCUT2D eigenvalue weighted by molar-refractivity contribution is -0.359. The van der Waals surface area contributed by atoms with Gasteiger partial charge < -0.3 is 65.1 Å². The number of hydrogen-bond donors (Lipinski definition) is 9. The minimum absolute atomic E-state index is 0.250. The molecule has 2 aliphatic heterocycles. The number of aliphatic hydroxyl groups is 8. The Balaban J connectivity index is 1.73. The van der Waals surface area contributed by atoms with E-state index in [0.717, 1.165) is 64.2 Å². The molecule has 0 aliphatic carbocycles. The Labute approximate surface area is 418 Å². The Hall–Kier alpha value is -1.53. The van der Waals surface area contributed by atoms with E-state index in [2.05, 4.69) is 31.3 Å². The van der Waals surface area contributed by atoms with Crippen LogP contribution in [-0.4, -0.2) is 140 Å². The quantitative estimate of drug-likeness (QED) is 0.0206. The Kier molecular flexibility index (Phi) is 38.6. The van der Waals surface area contributed by atoms with E-state index in [9.17, 15) is 45.6 Å². The van der Waals surface area contributed by atoms with Crippen molar-refractivity contribution in [2.45, 2.75) is 299 Å². The highest BCUT2D eigenvalue weighted by atomic mass is 16.7. The maximum atomic E-state index is 13.1. The molecule has 0 aromatic rings. The maximum absolute atomic E-state index is 13.1. The Morgan fingerprint density at radius 3 is 1.43 bits per heavy atom. The van der Waals surface area contributed by atoms with Crippen molar-refractivity contribution >= 4 is 5.91 Å². The van der Waals surface area contributed by atoms with E-state index in [-0.39, 0.29) is 18.9 Å².